The van der Waals surface area contributed by atoms with E-state index in [2.05, 4.69) is 25.3 Å². The first-order valence-electron chi connectivity index (χ1n) is 11.5. The summed E-state index contributed by atoms with van der Waals surface area (Å²) in [5, 5.41) is 3.13. The second-order valence-corrected chi connectivity index (χ2v) is 8.56. The smallest absolute Gasteiger partial charge is 0.340 e. The summed E-state index contributed by atoms with van der Waals surface area (Å²) in [5.74, 6) is -0.662. The molecule has 0 atom stereocenters. The molecule has 0 radical (unpaired) electrons. The molecule has 1 aromatic carbocycles. The van der Waals surface area contributed by atoms with E-state index in [9.17, 15) is 31.1 Å². The van der Waals surface area contributed by atoms with E-state index >= 15 is 0 Å². The van der Waals surface area contributed by atoms with Gasteiger partial charge in [0.1, 0.15) is 11.5 Å². The molecule has 0 spiro atoms. The van der Waals surface area contributed by atoms with Gasteiger partial charge < -0.3 is 10.2 Å². The van der Waals surface area contributed by atoms with Crippen molar-refractivity contribution in [3.63, 3.8) is 0 Å². The standard InChI is InChI=1S/C25H18F6N6O/c26-24(27,28)14-5-7-15(8-6-14)33-20-16-9-10-18(19-17(25(29,30)31)4-3-11-32-19)34-21(16)36-22(35-20)23(38)37-12-1-2-13-37/h3-11H,1-2,12-13H2,(H,33,34,35,36). The van der Waals surface area contributed by atoms with Gasteiger partial charge in [0.15, 0.2) is 5.65 Å². The average Bonchev–Trinajstić information content (AvgIpc) is 3.42. The summed E-state index contributed by atoms with van der Waals surface area (Å²) in [5.41, 5.74) is -2.20. The van der Waals surface area contributed by atoms with Crippen molar-refractivity contribution < 1.29 is 31.1 Å². The van der Waals surface area contributed by atoms with Gasteiger partial charge in [-0.2, -0.15) is 26.3 Å². The number of hydrogen-bond acceptors (Lipinski definition) is 6. The van der Waals surface area contributed by atoms with Crippen LogP contribution in [0.25, 0.3) is 22.4 Å². The van der Waals surface area contributed by atoms with Crippen molar-refractivity contribution in [1.82, 2.24) is 24.8 Å². The van der Waals surface area contributed by atoms with Crippen molar-refractivity contribution in [2.45, 2.75) is 25.2 Å². The fraction of sp³-hybridized carbons (Fsp3) is 0.240. The second-order valence-electron chi connectivity index (χ2n) is 8.56. The summed E-state index contributed by atoms with van der Waals surface area (Å²) in [7, 11) is 0. The zero-order chi connectivity index (χ0) is 27.1. The quantitative estimate of drug-likeness (QED) is 0.320. The lowest BCUT2D eigenvalue weighted by atomic mass is 10.1. The third-order valence-electron chi connectivity index (χ3n) is 5.98. The van der Waals surface area contributed by atoms with Crippen molar-refractivity contribution in [2.24, 2.45) is 0 Å². The Labute approximate surface area is 211 Å². The lowest BCUT2D eigenvalue weighted by Crippen LogP contribution is -2.29. The van der Waals surface area contributed by atoms with Crippen molar-refractivity contribution >= 4 is 28.4 Å². The number of alkyl halides is 6. The number of carbonyl (C=O) groups is 1. The molecule has 0 aliphatic carbocycles. The third-order valence-corrected chi connectivity index (χ3v) is 5.98. The molecule has 196 valence electrons. The molecule has 1 saturated heterocycles. The molecule has 1 fully saturated rings. The molecule has 7 nitrogen and oxygen atoms in total. The number of aromatic nitrogens is 4. The highest BCUT2D eigenvalue weighted by Crippen LogP contribution is 2.36. The van der Waals surface area contributed by atoms with Gasteiger partial charge in [-0.05, 0) is 61.4 Å². The molecule has 13 heteroatoms. The first-order valence-corrected chi connectivity index (χ1v) is 11.5. The first-order chi connectivity index (χ1) is 18.0. The van der Waals surface area contributed by atoms with Crippen LogP contribution in [0.5, 0.6) is 0 Å². The minimum atomic E-state index is -4.68. The molecule has 1 aliphatic heterocycles. The van der Waals surface area contributed by atoms with E-state index in [1.54, 1.807) is 4.90 Å². The number of nitrogens with zero attached hydrogens (tertiary/aromatic N) is 5. The maximum atomic E-state index is 13.6. The summed E-state index contributed by atoms with van der Waals surface area (Å²) in [4.78, 5) is 31.3. The predicted octanol–water partition coefficient (Wildman–Crippen LogP) is 6.10. The Kier molecular flexibility index (Phi) is 6.37. The Hall–Kier alpha value is -4.29. The number of hydrogen-bond donors (Lipinski definition) is 1. The molecule has 1 N–H and O–H groups in total. The number of likely N-dealkylation sites (tertiary alicyclic amines) is 1. The zero-order valence-corrected chi connectivity index (χ0v) is 19.4. The van der Waals surface area contributed by atoms with Crippen LogP contribution in [0, 0.1) is 0 Å². The zero-order valence-electron chi connectivity index (χ0n) is 19.4. The van der Waals surface area contributed by atoms with E-state index in [0.29, 0.717) is 13.1 Å². The van der Waals surface area contributed by atoms with Crippen LogP contribution in [0.1, 0.15) is 34.6 Å². The minimum Gasteiger partial charge on any atom is -0.340 e. The number of anilines is 2. The monoisotopic (exact) mass is 532 g/mol. The van der Waals surface area contributed by atoms with E-state index in [-0.39, 0.29) is 34.1 Å². The predicted molar refractivity (Wildman–Crippen MR) is 125 cm³/mol. The molecule has 0 bridgehead atoms. The Morgan fingerprint density at radius 3 is 2.21 bits per heavy atom. The number of pyridine rings is 2. The topological polar surface area (TPSA) is 83.9 Å². The van der Waals surface area contributed by atoms with Crippen LogP contribution < -0.4 is 5.32 Å². The SMILES string of the molecule is O=C(c1nc(Nc2ccc(C(F)(F)F)cc2)c2ccc(-c3ncccc3C(F)(F)F)nc2n1)N1CCCC1. The van der Waals surface area contributed by atoms with E-state index in [1.165, 1.54) is 30.5 Å². The molecule has 0 saturated carbocycles. The third kappa shape index (κ3) is 5.08. The molecule has 1 amide bonds. The Balaban J connectivity index is 1.61. The Bertz CT molecular complexity index is 1500. The Morgan fingerprint density at radius 2 is 1.55 bits per heavy atom. The van der Waals surface area contributed by atoms with E-state index in [4.69, 9.17) is 0 Å². The largest absolute Gasteiger partial charge is 0.418 e. The van der Waals surface area contributed by atoms with Gasteiger partial charge in [-0.25, -0.2) is 15.0 Å². The number of rotatable bonds is 4. The van der Waals surface area contributed by atoms with Crippen LogP contribution in [0.15, 0.2) is 54.7 Å². The molecular formula is C25H18F6N6O. The highest BCUT2D eigenvalue weighted by molar-refractivity contribution is 5.96. The normalized spacial score (nSPS) is 14.2. The summed E-state index contributed by atoms with van der Waals surface area (Å²) in [6.07, 6.45) is -6.39. The van der Waals surface area contributed by atoms with Gasteiger partial charge in [0, 0.05) is 25.0 Å². The van der Waals surface area contributed by atoms with Crippen molar-refractivity contribution in [3.8, 4) is 11.4 Å². The fourth-order valence-electron chi connectivity index (χ4n) is 4.11. The molecule has 4 heterocycles. The van der Waals surface area contributed by atoms with Crippen LogP contribution in [0.4, 0.5) is 37.8 Å². The van der Waals surface area contributed by atoms with Gasteiger partial charge >= 0.3 is 12.4 Å². The number of benzene rings is 1. The van der Waals surface area contributed by atoms with Gasteiger partial charge in [-0.15, -0.1) is 0 Å². The van der Waals surface area contributed by atoms with Crippen molar-refractivity contribution in [3.05, 3.63) is 71.7 Å². The molecule has 1 aliphatic rings. The van der Waals surface area contributed by atoms with E-state index in [0.717, 1.165) is 37.1 Å². The van der Waals surface area contributed by atoms with Crippen LogP contribution in [-0.4, -0.2) is 43.8 Å². The summed E-state index contributed by atoms with van der Waals surface area (Å²) >= 11 is 0. The highest BCUT2D eigenvalue weighted by atomic mass is 19.4. The van der Waals surface area contributed by atoms with Gasteiger partial charge in [-0.3, -0.25) is 9.78 Å². The molecule has 0 unspecified atom stereocenters. The van der Waals surface area contributed by atoms with E-state index in [1.807, 2.05) is 0 Å². The molecule has 38 heavy (non-hydrogen) atoms. The maximum absolute atomic E-state index is 13.6. The number of halogens is 6. The maximum Gasteiger partial charge on any atom is 0.418 e. The highest BCUT2D eigenvalue weighted by Gasteiger charge is 2.35. The molecule has 3 aromatic heterocycles. The second kappa shape index (κ2) is 9.54. The number of nitrogens with one attached hydrogen (secondary N) is 1. The average molecular weight is 532 g/mol. The van der Waals surface area contributed by atoms with Gasteiger partial charge in [0.05, 0.1) is 22.2 Å². The summed E-state index contributed by atoms with van der Waals surface area (Å²) < 4.78 is 79.6. The van der Waals surface area contributed by atoms with Crippen LogP contribution in [-0.2, 0) is 12.4 Å². The molecule has 4 aromatic rings. The molecule has 5 rings (SSSR count). The van der Waals surface area contributed by atoms with Gasteiger partial charge in [-0.1, -0.05) is 0 Å². The number of carbonyl (C=O) groups excluding carboxylic acids is 1. The number of amides is 1. The van der Waals surface area contributed by atoms with Gasteiger partial charge in [0.2, 0.25) is 5.82 Å². The van der Waals surface area contributed by atoms with Crippen molar-refractivity contribution in [2.75, 3.05) is 18.4 Å². The van der Waals surface area contributed by atoms with Crippen molar-refractivity contribution in [1.29, 1.82) is 0 Å². The summed E-state index contributed by atoms with van der Waals surface area (Å²) in [6.45, 7) is 0.997. The van der Waals surface area contributed by atoms with Crippen LogP contribution >= 0.6 is 0 Å². The molecular weight excluding hydrogens is 514 g/mol. The number of fused-ring (bicyclic) bond motifs is 1. The minimum absolute atomic E-state index is 0.0634. The fourth-order valence-corrected chi connectivity index (χ4v) is 4.11. The van der Waals surface area contributed by atoms with E-state index < -0.39 is 35.1 Å². The van der Waals surface area contributed by atoms with Crippen LogP contribution in [0.2, 0.25) is 0 Å². The summed E-state index contributed by atoms with van der Waals surface area (Å²) in [6, 6.07) is 8.94. The van der Waals surface area contributed by atoms with Crippen LogP contribution in [0.3, 0.4) is 0 Å². The first kappa shape index (κ1) is 25.4. The lowest BCUT2D eigenvalue weighted by molar-refractivity contribution is -0.138. The lowest BCUT2D eigenvalue weighted by Gasteiger charge is -2.16. The van der Waals surface area contributed by atoms with Gasteiger partial charge in [0.25, 0.3) is 5.91 Å². The Morgan fingerprint density at radius 1 is 0.842 bits per heavy atom.